The van der Waals surface area contributed by atoms with Crippen molar-refractivity contribution in [2.24, 2.45) is 0 Å². The molecule has 0 unspecified atom stereocenters. The number of hydrogen-bond donors (Lipinski definition) is 1. The average molecular weight is 472 g/mol. The summed E-state index contributed by atoms with van der Waals surface area (Å²) >= 11 is 12.5. The Hall–Kier alpha value is -2.86. The Kier molecular flexibility index (Phi) is 7.91. The van der Waals surface area contributed by atoms with Crippen LogP contribution in [0.5, 0.6) is 0 Å². The molecule has 0 aliphatic carbocycles. The van der Waals surface area contributed by atoms with Crippen molar-refractivity contribution in [3.63, 3.8) is 0 Å². The lowest BCUT2D eigenvalue weighted by Crippen LogP contribution is -2.39. The quantitative estimate of drug-likeness (QED) is 0.454. The normalized spacial score (nSPS) is 11.2. The summed E-state index contributed by atoms with van der Waals surface area (Å²) in [6.07, 6.45) is -0.339. The number of halogens is 2. The SMILES string of the molecule is CN(Cc1c(Cl)cccc1Cl)C(=O)COC(CC(=O)O)(c1ccccc1)c1ccccc1. The van der Waals surface area contributed by atoms with Crippen molar-refractivity contribution in [3.8, 4) is 0 Å². The molecule has 1 N–H and O–H groups in total. The Bertz CT molecular complexity index is 1010. The summed E-state index contributed by atoms with van der Waals surface area (Å²) in [4.78, 5) is 26.2. The first-order valence-corrected chi connectivity index (χ1v) is 10.7. The number of carbonyl (C=O) groups excluding carboxylic acids is 1. The lowest BCUT2D eigenvalue weighted by Gasteiger charge is -2.34. The first-order valence-electron chi connectivity index (χ1n) is 9.97. The highest BCUT2D eigenvalue weighted by Crippen LogP contribution is 2.37. The van der Waals surface area contributed by atoms with E-state index in [-0.39, 0.29) is 25.5 Å². The van der Waals surface area contributed by atoms with Crippen molar-refractivity contribution in [2.45, 2.75) is 18.6 Å². The van der Waals surface area contributed by atoms with Crippen molar-refractivity contribution >= 4 is 35.1 Å². The van der Waals surface area contributed by atoms with Crippen LogP contribution in [0, 0.1) is 0 Å². The van der Waals surface area contributed by atoms with Gasteiger partial charge in [0.15, 0.2) is 0 Å². The Labute approximate surface area is 197 Å². The molecule has 0 fully saturated rings. The molecule has 0 atom stereocenters. The number of rotatable bonds is 9. The van der Waals surface area contributed by atoms with Crippen LogP contribution in [0.15, 0.2) is 78.9 Å². The summed E-state index contributed by atoms with van der Waals surface area (Å²) < 4.78 is 6.16. The standard InChI is InChI=1S/C25H23Cl2NO4/c1-28(16-20-21(26)13-8-14-22(20)27)23(29)17-32-25(15-24(30)31,18-9-4-2-5-10-18)19-11-6-3-7-12-19/h2-14H,15-17H2,1H3,(H,30,31). The molecular weight excluding hydrogens is 449 g/mol. The molecule has 166 valence electrons. The molecule has 0 saturated carbocycles. The molecule has 0 spiro atoms. The largest absolute Gasteiger partial charge is 0.481 e. The summed E-state index contributed by atoms with van der Waals surface area (Å²) in [5.74, 6) is -1.37. The summed E-state index contributed by atoms with van der Waals surface area (Å²) in [6.45, 7) is -0.126. The van der Waals surface area contributed by atoms with Gasteiger partial charge in [-0.2, -0.15) is 0 Å². The molecular formula is C25H23Cl2NO4. The van der Waals surface area contributed by atoms with Gasteiger partial charge in [-0.1, -0.05) is 89.9 Å². The van der Waals surface area contributed by atoms with E-state index in [1.165, 1.54) is 4.90 Å². The van der Waals surface area contributed by atoms with Gasteiger partial charge in [-0.15, -0.1) is 0 Å². The van der Waals surface area contributed by atoms with Gasteiger partial charge in [-0.25, -0.2) is 0 Å². The lowest BCUT2D eigenvalue weighted by molar-refractivity contribution is -0.151. The predicted molar refractivity (Wildman–Crippen MR) is 125 cm³/mol. The number of benzene rings is 3. The molecule has 3 rings (SSSR count). The number of carboxylic acids is 1. The number of ether oxygens (including phenoxy) is 1. The molecule has 3 aromatic rings. The molecule has 0 radical (unpaired) electrons. The van der Waals surface area contributed by atoms with E-state index in [9.17, 15) is 14.7 Å². The highest BCUT2D eigenvalue weighted by molar-refractivity contribution is 6.36. The number of hydrogen-bond acceptors (Lipinski definition) is 3. The minimum Gasteiger partial charge on any atom is -0.481 e. The maximum atomic E-state index is 12.9. The first-order chi connectivity index (χ1) is 15.3. The van der Waals surface area contributed by atoms with Crippen molar-refractivity contribution in [1.82, 2.24) is 4.90 Å². The van der Waals surface area contributed by atoms with Crippen LogP contribution >= 0.6 is 23.2 Å². The van der Waals surface area contributed by atoms with Crippen LogP contribution in [0.3, 0.4) is 0 Å². The van der Waals surface area contributed by atoms with Gasteiger partial charge in [0.05, 0.1) is 6.42 Å². The van der Waals surface area contributed by atoms with Crippen LogP contribution in [0.4, 0.5) is 0 Å². The zero-order chi connectivity index (χ0) is 23.1. The molecule has 1 amide bonds. The molecule has 32 heavy (non-hydrogen) atoms. The number of amides is 1. The number of aliphatic carboxylic acids is 1. The number of carbonyl (C=O) groups is 2. The van der Waals surface area contributed by atoms with Gasteiger partial charge in [0.1, 0.15) is 12.2 Å². The summed E-state index contributed by atoms with van der Waals surface area (Å²) in [6, 6.07) is 23.3. The van der Waals surface area contributed by atoms with Gasteiger partial charge in [0, 0.05) is 29.2 Å². The molecule has 0 aliphatic rings. The van der Waals surface area contributed by atoms with E-state index in [1.54, 1.807) is 49.5 Å². The zero-order valence-corrected chi connectivity index (χ0v) is 19.0. The third kappa shape index (κ3) is 5.49. The second kappa shape index (κ2) is 10.6. The fourth-order valence-electron chi connectivity index (χ4n) is 3.52. The zero-order valence-electron chi connectivity index (χ0n) is 17.5. The minimum atomic E-state index is -1.33. The molecule has 3 aromatic carbocycles. The lowest BCUT2D eigenvalue weighted by atomic mass is 9.83. The average Bonchev–Trinajstić information content (AvgIpc) is 2.79. The minimum absolute atomic E-state index is 0.198. The van der Waals surface area contributed by atoms with Crippen LogP contribution in [0.2, 0.25) is 10.0 Å². The maximum Gasteiger partial charge on any atom is 0.307 e. The smallest absolute Gasteiger partial charge is 0.307 e. The molecule has 0 aromatic heterocycles. The van der Waals surface area contributed by atoms with Crippen LogP contribution in [0.25, 0.3) is 0 Å². The van der Waals surface area contributed by atoms with Crippen molar-refractivity contribution in [3.05, 3.63) is 106 Å². The number of likely N-dealkylation sites (N-methyl/N-ethyl adjacent to an activating group) is 1. The van der Waals surface area contributed by atoms with E-state index in [1.807, 2.05) is 36.4 Å². The molecule has 7 heteroatoms. The van der Waals surface area contributed by atoms with Gasteiger partial charge in [-0.3, -0.25) is 9.59 Å². The van der Waals surface area contributed by atoms with Crippen LogP contribution in [-0.2, 0) is 26.5 Å². The number of carboxylic acid groups (broad SMARTS) is 1. The topological polar surface area (TPSA) is 66.8 Å². The Morgan fingerprint density at radius 2 is 1.38 bits per heavy atom. The van der Waals surface area contributed by atoms with Gasteiger partial charge in [0.2, 0.25) is 5.91 Å². The van der Waals surface area contributed by atoms with Crippen LogP contribution in [-0.4, -0.2) is 35.5 Å². The van der Waals surface area contributed by atoms with Crippen molar-refractivity contribution in [1.29, 1.82) is 0 Å². The fourth-order valence-corrected chi connectivity index (χ4v) is 4.04. The van der Waals surface area contributed by atoms with Crippen molar-refractivity contribution < 1.29 is 19.4 Å². The summed E-state index contributed by atoms with van der Waals surface area (Å²) in [5, 5.41) is 10.6. The second-order valence-corrected chi connectivity index (χ2v) is 8.18. The third-order valence-corrected chi connectivity index (χ3v) is 5.91. The Morgan fingerprint density at radius 3 is 1.84 bits per heavy atom. The first kappa shape index (κ1) is 23.8. The van der Waals surface area contributed by atoms with E-state index in [0.717, 1.165) is 0 Å². The van der Waals surface area contributed by atoms with Crippen molar-refractivity contribution in [2.75, 3.05) is 13.7 Å². The molecule has 0 bridgehead atoms. The fraction of sp³-hybridized carbons (Fsp3) is 0.200. The third-order valence-electron chi connectivity index (χ3n) is 5.21. The van der Waals surface area contributed by atoms with Gasteiger partial charge < -0.3 is 14.7 Å². The number of nitrogens with zero attached hydrogens (tertiary/aromatic N) is 1. The van der Waals surface area contributed by atoms with E-state index in [2.05, 4.69) is 0 Å². The van der Waals surface area contributed by atoms with Crippen LogP contribution in [0.1, 0.15) is 23.1 Å². The predicted octanol–water partition coefficient (Wildman–Crippen LogP) is 5.39. The Morgan fingerprint density at radius 1 is 0.875 bits per heavy atom. The maximum absolute atomic E-state index is 12.9. The highest BCUT2D eigenvalue weighted by Gasteiger charge is 2.38. The van der Waals surface area contributed by atoms with E-state index in [0.29, 0.717) is 26.7 Å². The molecule has 0 heterocycles. The van der Waals surface area contributed by atoms with E-state index < -0.39 is 11.6 Å². The van der Waals surface area contributed by atoms with Crippen LogP contribution < -0.4 is 0 Å². The van der Waals surface area contributed by atoms with Gasteiger partial charge >= 0.3 is 5.97 Å². The second-order valence-electron chi connectivity index (χ2n) is 7.37. The van der Waals surface area contributed by atoms with E-state index >= 15 is 0 Å². The van der Waals surface area contributed by atoms with Gasteiger partial charge in [-0.05, 0) is 23.3 Å². The molecule has 5 nitrogen and oxygen atoms in total. The van der Waals surface area contributed by atoms with Gasteiger partial charge in [0.25, 0.3) is 0 Å². The summed E-state index contributed by atoms with van der Waals surface area (Å²) in [5.41, 5.74) is 0.610. The Balaban J connectivity index is 1.88. The monoisotopic (exact) mass is 471 g/mol. The van der Waals surface area contributed by atoms with E-state index in [4.69, 9.17) is 27.9 Å². The molecule has 0 saturated heterocycles. The summed E-state index contributed by atoms with van der Waals surface area (Å²) in [7, 11) is 1.62. The highest BCUT2D eigenvalue weighted by atomic mass is 35.5. The molecule has 0 aliphatic heterocycles.